The van der Waals surface area contributed by atoms with E-state index in [2.05, 4.69) is 47.4 Å². The first-order chi connectivity index (χ1) is 15.5. The van der Waals surface area contributed by atoms with Crippen molar-refractivity contribution in [1.82, 2.24) is 15.1 Å². The molecule has 6 nitrogen and oxygen atoms in total. The van der Waals surface area contributed by atoms with Gasteiger partial charge in [-0.1, -0.05) is 48.5 Å². The topological polar surface area (TPSA) is 67.2 Å². The Balaban J connectivity index is 1.37. The van der Waals surface area contributed by atoms with Gasteiger partial charge in [0.2, 0.25) is 5.91 Å². The number of amides is 1. The lowest BCUT2D eigenvalue weighted by Gasteiger charge is -2.33. The second-order valence-electron chi connectivity index (χ2n) is 8.62. The van der Waals surface area contributed by atoms with Crippen LogP contribution in [0.2, 0.25) is 0 Å². The van der Waals surface area contributed by atoms with E-state index in [1.165, 1.54) is 15.8 Å². The zero-order valence-corrected chi connectivity index (χ0v) is 18.8. The van der Waals surface area contributed by atoms with Crippen molar-refractivity contribution in [3.8, 4) is 0 Å². The van der Waals surface area contributed by atoms with Gasteiger partial charge in [0.25, 0.3) is 5.56 Å². The predicted molar refractivity (Wildman–Crippen MR) is 127 cm³/mol. The SMILES string of the molecule is Cc1ccc(CNC(=O)C2CCCN(c3cnn(Cc4ccccc4)c(=O)c3)C2)cc1C. The first-order valence-electron chi connectivity index (χ1n) is 11.2. The van der Waals surface area contributed by atoms with Crippen LogP contribution in [0.25, 0.3) is 0 Å². The number of carbonyl (C=O) groups excluding carboxylic acids is 1. The molecular formula is C26H30N4O2. The van der Waals surface area contributed by atoms with Crippen LogP contribution < -0.4 is 15.8 Å². The zero-order chi connectivity index (χ0) is 22.5. The minimum Gasteiger partial charge on any atom is -0.369 e. The summed E-state index contributed by atoms with van der Waals surface area (Å²) in [7, 11) is 0. The van der Waals surface area contributed by atoms with Crippen molar-refractivity contribution in [2.45, 2.75) is 39.8 Å². The molecule has 6 heteroatoms. The van der Waals surface area contributed by atoms with Gasteiger partial charge in [-0.3, -0.25) is 9.59 Å². The fraction of sp³-hybridized carbons (Fsp3) is 0.346. The average molecular weight is 431 g/mol. The normalized spacial score (nSPS) is 16.1. The number of rotatable bonds is 6. The maximum Gasteiger partial charge on any atom is 0.269 e. The summed E-state index contributed by atoms with van der Waals surface area (Å²) in [5.74, 6) is -0.0275. The molecule has 1 saturated heterocycles. The maximum atomic E-state index is 12.8. The summed E-state index contributed by atoms with van der Waals surface area (Å²) in [6, 6.07) is 17.7. The first-order valence-corrected chi connectivity index (χ1v) is 11.2. The molecule has 4 rings (SSSR count). The lowest BCUT2D eigenvalue weighted by molar-refractivity contribution is -0.125. The standard InChI is InChI=1S/C26H30N4O2/c1-19-10-11-22(13-20(19)2)15-27-26(32)23-9-6-12-29(18-23)24-14-25(31)30(28-16-24)17-21-7-4-3-5-8-21/h3-5,7-8,10-11,13-14,16,23H,6,9,12,15,17-18H2,1-2H3,(H,27,32). The zero-order valence-electron chi connectivity index (χ0n) is 18.8. The highest BCUT2D eigenvalue weighted by Gasteiger charge is 2.26. The van der Waals surface area contributed by atoms with E-state index in [0.29, 0.717) is 19.6 Å². The minimum atomic E-state index is -0.132. The Labute approximate surface area is 188 Å². The summed E-state index contributed by atoms with van der Waals surface area (Å²) in [5, 5.41) is 7.46. The molecule has 1 atom stereocenters. The van der Waals surface area contributed by atoms with Crippen molar-refractivity contribution in [1.29, 1.82) is 0 Å². The largest absolute Gasteiger partial charge is 0.369 e. The van der Waals surface area contributed by atoms with Gasteiger partial charge < -0.3 is 10.2 Å². The average Bonchev–Trinajstić information content (AvgIpc) is 2.81. The number of aryl methyl sites for hydroxylation is 2. The predicted octanol–water partition coefficient (Wildman–Crippen LogP) is 3.44. The highest BCUT2D eigenvalue weighted by Crippen LogP contribution is 2.22. The highest BCUT2D eigenvalue weighted by atomic mass is 16.2. The number of nitrogens with one attached hydrogen (secondary N) is 1. The number of piperidine rings is 1. The molecule has 1 amide bonds. The van der Waals surface area contributed by atoms with Gasteiger partial charge in [0.15, 0.2) is 0 Å². The van der Waals surface area contributed by atoms with Crippen LogP contribution in [0.5, 0.6) is 0 Å². The molecule has 1 fully saturated rings. The number of carbonyl (C=O) groups is 1. The summed E-state index contributed by atoms with van der Waals surface area (Å²) in [5.41, 5.74) is 5.28. The summed E-state index contributed by atoms with van der Waals surface area (Å²) >= 11 is 0. The van der Waals surface area contributed by atoms with E-state index in [4.69, 9.17) is 0 Å². The minimum absolute atomic E-state index is 0.0679. The van der Waals surface area contributed by atoms with E-state index in [9.17, 15) is 9.59 Å². The molecule has 0 bridgehead atoms. The lowest BCUT2D eigenvalue weighted by atomic mass is 9.96. The summed E-state index contributed by atoms with van der Waals surface area (Å²) in [6.45, 7) is 6.58. The second-order valence-corrected chi connectivity index (χ2v) is 8.62. The van der Waals surface area contributed by atoms with E-state index < -0.39 is 0 Å². The molecule has 0 aliphatic carbocycles. The molecular weight excluding hydrogens is 400 g/mol. The van der Waals surface area contributed by atoms with Gasteiger partial charge in [-0.15, -0.1) is 0 Å². The van der Waals surface area contributed by atoms with E-state index in [1.807, 2.05) is 30.3 Å². The van der Waals surface area contributed by atoms with Crippen LogP contribution in [0.4, 0.5) is 5.69 Å². The van der Waals surface area contributed by atoms with Crippen molar-refractivity contribution in [3.05, 3.63) is 93.4 Å². The van der Waals surface area contributed by atoms with Crippen molar-refractivity contribution >= 4 is 11.6 Å². The Bertz CT molecular complexity index is 1140. The van der Waals surface area contributed by atoms with Crippen molar-refractivity contribution < 1.29 is 4.79 Å². The Morgan fingerprint density at radius 2 is 1.88 bits per heavy atom. The molecule has 1 aromatic heterocycles. The molecule has 2 aromatic carbocycles. The van der Waals surface area contributed by atoms with Crippen molar-refractivity contribution in [2.24, 2.45) is 5.92 Å². The monoisotopic (exact) mass is 430 g/mol. The Hall–Kier alpha value is -3.41. The molecule has 1 aliphatic rings. The highest BCUT2D eigenvalue weighted by molar-refractivity contribution is 5.79. The number of aromatic nitrogens is 2. The number of hydrogen-bond donors (Lipinski definition) is 1. The number of hydrogen-bond acceptors (Lipinski definition) is 4. The molecule has 0 spiro atoms. The van der Waals surface area contributed by atoms with Crippen LogP contribution in [0.3, 0.4) is 0 Å². The Morgan fingerprint density at radius 3 is 2.62 bits per heavy atom. The van der Waals surface area contributed by atoms with Crippen LogP contribution in [0.15, 0.2) is 65.6 Å². The third-order valence-electron chi connectivity index (χ3n) is 6.23. The van der Waals surface area contributed by atoms with Crippen LogP contribution >= 0.6 is 0 Å². The molecule has 1 aliphatic heterocycles. The van der Waals surface area contributed by atoms with Gasteiger partial charge in [0.1, 0.15) is 0 Å². The van der Waals surface area contributed by atoms with Crippen molar-refractivity contribution in [2.75, 3.05) is 18.0 Å². The molecule has 166 valence electrons. The Kier molecular flexibility index (Phi) is 6.69. The van der Waals surface area contributed by atoms with Gasteiger partial charge in [-0.05, 0) is 48.9 Å². The maximum absolute atomic E-state index is 12.8. The molecule has 3 aromatic rings. The van der Waals surface area contributed by atoms with Crippen LogP contribution in [-0.2, 0) is 17.9 Å². The quantitative estimate of drug-likeness (QED) is 0.651. The van der Waals surface area contributed by atoms with Gasteiger partial charge in [0.05, 0.1) is 24.3 Å². The van der Waals surface area contributed by atoms with E-state index in [-0.39, 0.29) is 17.4 Å². The van der Waals surface area contributed by atoms with E-state index in [0.717, 1.165) is 36.2 Å². The summed E-state index contributed by atoms with van der Waals surface area (Å²) < 4.78 is 1.47. The lowest BCUT2D eigenvalue weighted by Crippen LogP contribution is -2.43. The third-order valence-corrected chi connectivity index (χ3v) is 6.23. The van der Waals surface area contributed by atoms with Crippen LogP contribution in [0, 0.1) is 19.8 Å². The third kappa shape index (κ3) is 5.25. The number of nitrogens with zero attached hydrogens (tertiary/aromatic N) is 3. The molecule has 1 unspecified atom stereocenters. The fourth-order valence-corrected chi connectivity index (χ4v) is 4.14. The molecule has 1 N–H and O–H groups in total. The smallest absolute Gasteiger partial charge is 0.269 e. The number of anilines is 1. The molecule has 0 saturated carbocycles. The number of benzene rings is 2. The molecule has 2 heterocycles. The second kappa shape index (κ2) is 9.81. The van der Waals surface area contributed by atoms with Gasteiger partial charge >= 0.3 is 0 Å². The summed E-state index contributed by atoms with van der Waals surface area (Å²) in [6.07, 6.45) is 3.50. The first kappa shape index (κ1) is 21.8. The van der Waals surface area contributed by atoms with Crippen LogP contribution in [0.1, 0.15) is 35.1 Å². The van der Waals surface area contributed by atoms with Gasteiger partial charge in [-0.2, -0.15) is 5.10 Å². The van der Waals surface area contributed by atoms with E-state index in [1.54, 1.807) is 12.3 Å². The molecule has 32 heavy (non-hydrogen) atoms. The Morgan fingerprint density at radius 1 is 1.06 bits per heavy atom. The summed E-state index contributed by atoms with van der Waals surface area (Å²) in [4.78, 5) is 27.5. The van der Waals surface area contributed by atoms with Gasteiger partial charge in [-0.25, -0.2) is 4.68 Å². The fourth-order valence-electron chi connectivity index (χ4n) is 4.14. The van der Waals surface area contributed by atoms with Gasteiger partial charge in [0, 0.05) is 25.7 Å². The van der Waals surface area contributed by atoms with E-state index >= 15 is 0 Å². The van der Waals surface area contributed by atoms with Crippen molar-refractivity contribution in [3.63, 3.8) is 0 Å². The van der Waals surface area contributed by atoms with Crippen LogP contribution in [-0.4, -0.2) is 28.8 Å². The molecule has 0 radical (unpaired) electrons.